The average molecular weight is 575 g/mol. The van der Waals surface area contributed by atoms with Crippen molar-refractivity contribution in [1.82, 2.24) is 14.9 Å². The molecule has 1 heterocycles. The number of hydrogen-bond acceptors (Lipinski definition) is 5. The van der Waals surface area contributed by atoms with Crippen LogP contribution in [-0.2, 0) is 11.3 Å². The van der Waals surface area contributed by atoms with Gasteiger partial charge in [0.2, 0.25) is 5.91 Å². The number of halogens is 1. The van der Waals surface area contributed by atoms with Crippen LogP contribution >= 0.6 is 0 Å². The molecule has 0 aromatic carbocycles. The SMILES string of the molecule is [B]C1C(O)C(F)C(O)C([B])C1NC(=O)/C=C(C)/C=C/C=C(C)/C=C/C1=C(C)C(O)(CCCn2ccnc2)CCC1(C)C. The number of aliphatic hydroxyl groups is 3. The van der Waals surface area contributed by atoms with E-state index in [1.54, 1.807) is 25.5 Å². The fourth-order valence-corrected chi connectivity index (χ4v) is 5.82. The minimum Gasteiger partial charge on any atom is -0.390 e. The summed E-state index contributed by atoms with van der Waals surface area (Å²) >= 11 is 0. The molecule has 10 heteroatoms. The molecule has 4 N–H and O–H groups in total. The van der Waals surface area contributed by atoms with Crippen LogP contribution in [0.15, 0.2) is 77.5 Å². The molecule has 1 fully saturated rings. The molecule has 0 saturated heterocycles. The Hall–Kier alpha value is -2.68. The number of aromatic nitrogens is 2. The predicted molar refractivity (Wildman–Crippen MR) is 166 cm³/mol. The molecule has 0 spiro atoms. The van der Waals surface area contributed by atoms with Crippen molar-refractivity contribution in [2.45, 2.75) is 109 Å². The van der Waals surface area contributed by atoms with Crippen molar-refractivity contribution in [2.24, 2.45) is 5.41 Å². The summed E-state index contributed by atoms with van der Waals surface area (Å²) in [4.78, 5) is 16.6. The van der Waals surface area contributed by atoms with Gasteiger partial charge in [0.05, 0.1) is 39.8 Å². The van der Waals surface area contributed by atoms with Crippen LogP contribution in [-0.4, -0.2) is 76.5 Å². The molecule has 0 aliphatic heterocycles. The lowest BCUT2D eigenvalue weighted by atomic mass is 9.58. The largest absolute Gasteiger partial charge is 0.390 e. The molecule has 5 unspecified atom stereocenters. The molecular weight excluding hydrogens is 531 g/mol. The monoisotopic (exact) mass is 575 g/mol. The molecule has 2 aliphatic rings. The third-order valence-corrected chi connectivity index (χ3v) is 8.73. The lowest BCUT2D eigenvalue weighted by Crippen LogP contribution is -2.57. The van der Waals surface area contributed by atoms with Crippen molar-refractivity contribution >= 4 is 21.6 Å². The second-order valence-corrected chi connectivity index (χ2v) is 12.5. The normalized spacial score (nSPS) is 32.6. The summed E-state index contributed by atoms with van der Waals surface area (Å²) in [5, 5.41) is 33.9. The van der Waals surface area contributed by atoms with Gasteiger partial charge in [0, 0.05) is 31.1 Å². The number of alkyl halides is 1. The Kier molecular flexibility index (Phi) is 11.4. The van der Waals surface area contributed by atoms with Crippen LogP contribution in [0.1, 0.15) is 60.3 Å². The molecule has 1 aromatic heterocycles. The molecule has 3 rings (SSSR count). The number of aliphatic hydroxyl groups excluding tert-OH is 2. The summed E-state index contributed by atoms with van der Waals surface area (Å²) in [5.41, 5.74) is 2.93. The molecule has 1 aromatic rings. The second-order valence-electron chi connectivity index (χ2n) is 12.5. The quantitative estimate of drug-likeness (QED) is 0.192. The van der Waals surface area contributed by atoms with Gasteiger partial charge < -0.3 is 25.2 Å². The van der Waals surface area contributed by atoms with E-state index < -0.39 is 47.6 Å². The highest BCUT2D eigenvalue weighted by atomic mass is 19.1. The summed E-state index contributed by atoms with van der Waals surface area (Å²) in [6, 6.07) is -0.981. The maximum absolute atomic E-state index is 13.9. The number of nitrogens with zero attached hydrogens (tertiary/aromatic N) is 2. The smallest absolute Gasteiger partial charge is 0.244 e. The Bertz CT molecular complexity index is 1220. The molecule has 224 valence electrons. The number of imidazole rings is 1. The zero-order chi connectivity index (χ0) is 31.2. The van der Waals surface area contributed by atoms with E-state index in [0.29, 0.717) is 12.0 Å². The van der Waals surface area contributed by atoms with Crippen molar-refractivity contribution in [1.29, 1.82) is 0 Å². The van der Waals surface area contributed by atoms with Crippen LogP contribution in [0, 0.1) is 5.41 Å². The fourth-order valence-electron chi connectivity index (χ4n) is 5.82. The Labute approximate surface area is 252 Å². The molecule has 42 heavy (non-hydrogen) atoms. The van der Waals surface area contributed by atoms with Gasteiger partial charge in [0.1, 0.15) is 0 Å². The van der Waals surface area contributed by atoms with Gasteiger partial charge in [-0.25, -0.2) is 9.37 Å². The highest BCUT2D eigenvalue weighted by molar-refractivity contribution is 6.17. The molecule has 4 radical (unpaired) electrons. The van der Waals surface area contributed by atoms with E-state index in [9.17, 15) is 24.5 Å². The number of allylic oxidation sites excluding steroid dienone is 8. The van der Waals surface area contributed by atoms with E-state index >= 15 is 0 Å². The first-order valence-corrected chi connectivity index (χ1v) is 14.6. The van der Waals surface area contributed by atoms with Crippen LogP contribution in [0.2, 0.25) is 11.6 Å². The minimum atomic E-state index is -1.97. The van der Waals surface area contributed by atoms with Crippen molar-refractivity contribution in [3.63, 3.8) is 0 Å². The zero-order valence-corrected chi connectivity index (χ0v) is 25.4. The number of carbonyl (C=O) groups excluding carboxylic acids is 1. The van der Waals surface area contributed by atoms with Gasteiger partial charge in [-0.05, 0) is 80.2 Å². The summed E-state index contributed by atoms with van der Waals surface area (Å²) in [6.45, 7) is 11.0. The highest BCUT2D eigenvalue weighted by Crippen LogP contribution is 2.47. The predicted octanol–water partition coefficient (Wildman–Crippen LogP) is 4.01. The molecular formula is C32H44B2FN3O4. The molecule has 5 atom stereocenters. The molecule has 0 bridgehead atoms. The number of aryl methyl sites for hydroxylation is 1. The number of amides is 1. The van der Waals surface area contributed by atoms with Crippen molar-refractivity contribution < 1.29 is 24.5 Å². The average Bonchev–Trinajstić information content (AvgIpc) is 3.45. The van der Waals surface area contributed by atoms with Gasteiger partial charge in [-0.3, -0.25) is 4.79 Å². The lowest BCUT2D eigenvalue weighted by Gasteiger charge is -2.43. The molecule has 1 saturated carbocycles. The third-order valence-electron chi connectivity index (χ3n) is 8.73. The summed E-state index contributed by atoms with van der Waals surface area (Å²) in [6.07, 6.45) is 14.5. The van der Waals surface area contributed by atoms with E-state index in [1.165, 1.54) is 6.08 Å². The number of carbonyl (C=O) groups is 1. The standard InChI is InChI=1S/C32H44B2FN3O4/c1-20(8-6-9-21(2)18-24(39)37-28-25(33)29(40)27(35)30(41)26(28)34)10-11-23-22(3)32(42,14-13-31(23,4)5)12-7-16-38-17-15-36-19-38/h6,8-11,15,17-19,25-30,40-42H,7,12-14,16H2,1-5H3,(H,37,39)/b9-6+,11-10+,20-8+,21-18+. The molecule has 2 aliphatic carbocycles. The van der Waals surface area contributed by atoms with Crippen molar-refractivity contribution in [2.75, 3.05) is 0 Å². The van der Waals surface area contributed by atoms with Gasteiger partial charge >= 0.3 is 0 Å². The second kappa shape index (κ2) is 14.2. The fraction of sp³-hybridized carbons (Fsp3) is 0.562. The van der Waals surface area contributed by atoms with Crippen molar-refractivity contribution in [3.8, 4) is 0 Å². The van der Waals surface area contributed by atoms with Gasteiger partial charge in [-0.1, -0.05) is 49.8 Å². The summed E-state index contributed by atoms with van der Waals surface area (Å²) in [5.74, 6) is -2.80. The van der Waals surface area contributed by atoms with Crippen molar-refractivity contribution in [3.05, 3.63) is 77.5 Å². The lowest BCUT2D eigenvalue weighted by molar-refractivity contribution is -0.118. The number of hydrogen-bond donors (Lipinski definition) is 4. The minimum absolute atomic E-state index is 0.0550. The van der Waals surface area contributed by atoms with Crippen LogP contribution in [0.3, 0.4) is 0 Å². The Morgan fingerprint density at radius 1 is 1.17 bits per heavy atom. The van der Waals surface area contributed by atoms with Crippen LogP contribution < -0.4 is 5.32 Å². The Balaban J connectivity index is 1.63. The van der Waals surface area contributed by atoms with Gasteiger partial charge in [-0.15, -0.1) is 0 Å². The Morgan fingerprint density at radius 2 is 1.83 bits per heavy atom. The zero-order valence-electron chi connectivity index (χ0n) is 25.4. The van der Waals surface area contributed by atoms with Gasteiger partial charge in [-0.2, -0.15) is 0 Å². The van der Waals surface area contributed by atoms with Crippen LogP contribution in [0.4, 0.5) is 4.39 Å². The first kappa shape index (κ1) is 33.8. The van der Waals surface area contributed by atoms with E-state index in [0.717, 1.165) is 42.5 Å². The molecule has 1 amide bonds. The topological polar surface area (TPSA) is 108 Å². The van der Waals surface area contributed by atoms with E-state index in [1.807, 2.05) is 42.8 Å². The van der Waals surface area contributed by atoms with Gasteiger partial charge in [0.25, 0.3) is 0 Å². The maximum Gasteiger partial charge on any atom is 0.244 e. The van der Waals surface area contributed by atoms with Crippen LogP contribution in [0.25, 0.3) is 0 Å². The first-order valence-electron chi connectivity index (χ1n) is 14.6. The van der Waals surface area contributed by atoms with Gasteiger partial charge in [0.15, 0.2) is 6.17 Å². The number of rotatable bonds is 10. The Morgan fingerprint density at radius 3 is 2.45 bits per heavy atom. The third kappa shape index (κ3) is 8.23. The first-order chi connectivity index (χ1) is 19.7. The van der Waals surface area contributed by atoms with E-state index in [-0.39, 0.29) is 5.41 Å². The highest BCUT2D eigenvalue weighted by Gasteiger charge is 2.46. The van der Waals surface area contributed by atoms with E-state index in [2.05, 4.69) is 30.2 Å². The number of nitrogens with one attached hydrogen (secondary N) is 1. The molecule has 7 nitrogen and oxygen atoms in total. The van der Waals surface area contributed by atoms with E-state index in [4.69, 9.17) is 15.7 Å². The maximum atomic E-state index is 13.9. The van der Waals surface area contributed by atoms with Crippen LogP contribution in [0.5, 0.6) is 0 Å². The summed E-state index contributed by atoms with van der Waals surface area (Å²) < 4.78 is 15.9. The summed E-state index contributed by atoms with van der Waals surface area (Å²) in [7, 11) is 11.7.